The molecule has 1 fully saturated rings. The summed E-state index contributed by atoms with van der Waals surface area (Å²) in [5.74, 6) is 0.988. The van der Waals surface area contributed by atoms with E-state index in [1.807, 2.05) is 41.4 Å². The summed E-state index contributed by atoms with van der Waals surface area (Å²) in [5, 5.41) is 3.44. The summed E-state index contributed by atoms with van der Waals surface area (Å²) in [6.07, 6.45) is 5.00. The highest BCUT2D eigenvalue weighted by molar-refractivity contribution is 5.94. The molecule has 4 rings (SSSR count). The fourth-order valence-electron chi connectivity index (χ4n) is 3.34. The molecule has 3 heterocycles. The lowest BCUT2D eigenvalue weighted by atomic mass is 10.1. The predicted molar refractivity (Wildman–Crippen MR) is 86.9 cm³/mol. The molecule has 1 N–H and O–H groups in total. The van der Waals surface area contributed by atoms with Gasteiger partial charge >= 0.3 is 0 Å². The summed E-state index contributed by atoms with van der Waals surface area (Å²) in [6.45, 7) is 2.36. The second-order valence-corrected chi connectivity index (χ2v) is 6.19. The van der Waals surface area contributed by atoms with Gasteiger partial charge in [0.25, 0.3) is 5.91 Å². The van der Waals surface area contributed by atoms with Crippen molar-refractivity contribution < 1.29 is 4.79 Å². The number of aromatic nitrogens is 2. The maximum Gasteiger partial charge on any atom is 0.254 e. The quantitative estimate of drug-likeness (QED) is 0.923. The van der Waals surface area contributed by atoms with Gasteiger partial charge in [0.15, 0.2) is 0 Å². The van der Waals surface area contributed by atoms with Crippen LogP contribution in [0.2, 0.25) is 0 Å². The molecule has 0 radical (unpaired) electrons. The zero-order valence-corrected chi connectivity index (χ0v) is 13.0. The lowest BCUT2D eigenvalue weighted by Crippen LogP contribution is -2.36. The van der Waals surface area contributed by atoms with Gasteiger partial charge in [-0.25, -0.2) is 9.97 Å². The van der Waals surface area contributed by atoms with Crippen LogP contribution in [-0.4, -0.2) is 33.9 Å². The van der Waals surface area contributed by atoms with Gasteiger partial charge in [0.2, 0.25) is 0 Å². The summed E-state index contributed by atoms with van der Waals surface area (Å²) in [4.78, 5) is 23.7. The molecular formula is C18H20N4O. The second kappa shape index (κ2) is 6.08. The van der Waals surface area contributed by atoms with Crippen molar-refractivity contribution >= 4 is 5.91 Å². The summed E-state index contributed by atoms with van der Waals surface area (Å²) < 4.78 is 0. The largest absolute Gasteiger partial charge is 0.334 e. The predicted octanol–water partition coefficient (Wildman–Crippen LogP) is 2.10. The molecule has 1 saturated heterocycles. The Bertz CT molecular complexity index is 710. The lowest BCUT2D eigenvalue weighted by molar-refractivity contribution is 0.0733. The fourth-order valence-corrected chi connectivity index (χ4v) is 3.34. The number of nitrogens with one attached hydrogen (secondary N) is 1. The lowest BCUT2D eigenvalue weighted by Gasteiger charge is -2.28. The van der Waals surface area contributed by atoms with Crippen LogP contribution in [0.4, 0.5) is 0 Å². The minimum atomic E-state index is 0.0813. The fraction of sp³-hybridized carbons (Fsp3) is 0.389. The second-order valence-electron chi connectivity index (χ2n) is 6.19. The number of rotatable bonds is 2. The normalized spacial score (nSPS) is 20.3. The minimum absolute atomic E-state index is 0.0813. The van der Waals surface area contributed by atoms with Crippen molar-refractivity contribution in [3.63, 3.8) is 0 Å². The van der Waals surface area contributed by atoms with Gasteiger partial charge in [0.1, 0.15) is 5.82 Å². The van der Waals surface area contributed by atoms with E-state index in [0.717, 1.165) is 48.6 Å². The number of hydrogen-bond acceptors (Lipinski definition) is 4. The van der Waals surface area contributed by atoms with Crippen LogP contribution in [0.3, 0.4) is 0 Å². The molecule has 2 aliphatic heterocycles. The molecule has 5 heteroatoms. The molecule has 118 valence electrons. The number of carbonyl (C=O) groups is 1. The molecule has 1 amide bonds. The van der Waals surface area contributed by atoms with Gasteiger partial charge in [-0.3, -0.25) is 4.79 Å². The Labute approximate surface area is 135 Å². The van der Waals surface area contributed by atoms with Crippen molar-refractivity contribution in [3.05, 3.63) is 59.2 Å². The Hall–Kier alpha value is -2.27. The molecule has 23 heavy (non-hydrogen) atoms. The number of carbonyl (C=O) groups excluding carboxylic acids is 1. The molecule has 1 atom stereocenters. The Morgan fingerprint density at radius 3 is 2.91 bits per heavy atom. The number of fused-ring (bicyclic) bond motifs is 1. The van der Waals surface area contributed by atoms with E-state index in [9.17, 15) is 4.79 Å². The third-order valence-electron chi connectivity index (χ3n) is 4.63. The highest BCUT2D eigenvalue weighted by atomic mass is 16.2. The van der Waals surface area contributed by atoms with Crippen LogP contribution in [0.5, 0.6) is 0 Å². The van der Waals surface area contributed by atoms with E-state index in [4.69, 9.17) is 4.98 Å². The zero-order valence-electron chi connectivity index (χ0n) is 13.0. The van der Waals surface area contributed by atoms with Crippen molar-refractivity contribution in [2.45, 2.75) is 31.8 Å². The first-order valence-electron chi connectivity index (χ1n) is 8.23. The van der Waals surface area contributed by atoms with Gasteiger partial charge in [0.05, 0.1) is 11.7 Å². The van der Waals surface area contributed by atoms with Crippen LogP contribution in [0.15, 0.2) is 36.5 Å². The van der Waals surface area contributed by atoms with Crippen LogP contribution in [0.25, 0.3) is 0 Å². The van der Waals surface area contributed by atoms with Crippen LogP contribution >= 0.6 is 0 Å². The first-order valence-corrected chi connectivity index (χ1v) is 8.23. The van der Waals surface area contributed by atoms with E-state index in [1.54, 1.807) is 0 Å². The van der Waals surface area contributed by atoms with E-state index in [0.29, 0.717) is 12.6 Å². The van der Waals surface area contributed by atoms with Crippen molar-refractivity contribution in [2.24, 2.45) is 0 Å². The number of benzene rings is 1. The van der Waals surface area contributed by atoms with Crippen molar-refractivity contribution in [3.8, 4) is 0 Å². The van der Waals surface area contributed by atoms with Gasteiger partial charge < -0.3 is 10.2 Å². The Balaban J connectivity index is 1.52. The Morgan fingerprint density at radius 2 is 2.13 bits per heavy atom. The van der Waals surface area contributed by atoms with Crippen LogP contribution in [0.1, 0.15) is 46.3 Å². The van der Waals surface area contributed by atoms with E-state index >= 15 is 0 Å². The zero-order chi connectivity index (χ0) is 15.6. The van der Waals surface area contributed by atoms with Crippen molar-refractivity contribution in [2.75, 3.05) is 13.1 Å². The summed E-state index contributed by atoms with van der Waals surface area (Å²) >= 11 is 0. The number of hydrogen-bond donors (Lipinski definition) is 1. The van der Waals surface area contributed by atoms with Crippen molar-refractivity contribution in [1.29, 1.82) is 0 Å². The van der Waals surface area contributed by atoms with E-state index in [1.165, 1.54) is 6.42 Å². The molecule has 0 spiro atoms. The van der Waals surface area contributed by atoms with Gasteiger partial charge in [0, 0.05) is 36.8 Å². The molecule has 0 aliphatic carbocycles. The van der Waals surface area contributed by atoms with Gasteiger partial charge in [-0.15, -0.1) is 0 Å². The monoisotopic (exact) mass is 308 g/mol. The first-order chi connectivity index (χ1) is 11.3. The molecule has 2 aromatic rings. The first kappa shape index (κ1) is 14.3. The topological polar surface area (TPSA) is 58.1 Å². The van der Waals surface area contributed by atoms with Gasteiger partial charge in [-0.1, -0.05) is 18.2 Å². The van der Waals surface area contributed by atoms with Crippen molar-refractivity contribution in [1.82, 2.24) is 20.2 Å². The molecular weight excluding hydrogens is 288 g/mol. The third-order valence-corrected chi connectivity index (χ3v) is 4.63. The molecule has 2 aliphatic rings. The minimum Gasteiger partial charge on any atom is -0.334 e. The standard InChI is InChI=1S/C18H20N4O/c23-18(13-5-2-1-3-6-13)22-10-8-15-14(12-22)11-20-17(21-15)16-7-4-9-19-16/h1-3,5-6,11,16,19H,4,7-10,12H2/t16-/m1/s1. The molecule has 0 bridgehead atoms. The molecule has 0 unspecified atom stereocenters. The van der Waals surface area contributed by atoms with Gasteiger partial charge in [-0.05, 0) is 31.5 Å². The third kappa shape index (κ3) is 2.84. The maximum absolute atomic E-state index is 12.6. The SMILES string of the molecule is O=C(c1ccccc1)N1CCc2nc([C@H]3CCCN3)ncc2C1. The smallest absolute Gasteiger partial charge is 0.254 e. The average molecular weight is 308 g/mol. The Morgan fingerprint density at radius 1 is 1.26 bits per heavy atom. The van der Waals surface area contributed by atoms with Gasteiger partial charge in [-0.2, -0.15) is 0 Å². The molecule has 1 aromatic heterocycles. The van der Waals surface area contributed by atoms with E-state index in [2.05, 4.69) is 10.3 Å². The molecule has 5 nitrogen and oxygen atoms in total. The van der Waals surface area contributed by atoms with Crippen LogP contribution < -0.4 is 5.32 Å². The number of amides is 1. The number of nitrogens with zero attached hydrogens (tertiary/aromatic N) is 3. The Kier molecular flexibility index (Phi) is 3.79. The highest BCUT2D eigenvalue weighted by Crippen LogP contribution is 2.23. The maximum atomic E-state index is 12.6. The average Bonchev–Trinajstić information content (AvgIpc) is 3.15. The van der Waals surface area contributed by atoms with E-state index < -0.39 is 0 Å². The van der Waals surface area contributed by atoms with Crippen LogP contribution in [0, 0.1) is 0 Å². The summed E-state index contributed by atoms with van der Waals surface area (Å²) in [6, 6.07) is 9.75. The molecule has 0 saturated carbocycles. The summed E-state index contributed by atoms with van der Waals surface area (Å²) in [7, 11) is 0. The molecule has 1 aromatic carbocycles. The highest BCUT2D eigenvalue weighted by Gasteiger charge is 2.25. The van der Waals surface area contributed by atoms with E-state index in [-0.39, 0.29) is 5.91 Å². The summed E-state index contributed by atoms with van der Waals surface area (Å²) in [5.41, 5.74) is 2.91. The van der Waals surface area contributed by atoms with Crippen LogP contribution in [-0.2, 0) is 13.0 Å².